The molecule has 0 atom stereocenters. The van der Waals surface area contributed by atoms with E-state index < -0.39 is 16.8 Å². The van der Waals surface area contributed by atoms with Crippen molar-refractivity contribution in [1.82, 2.24) is 13.9 Å². The molecule has 1 aliphatic rings. The van der Waals surface area contributed by atoms with Gasteiger partial charge < -0.3 is 13.9 Å². The van der Waals surface area contributed by atoms with E-state index in [9.17, 15) is 0 Å². The number of rotatable bonds is 0. The number of hydrogen-bond donors (Lipinski definition) is 3. The first-order chi connectivity index (χ1) is 4.41. The van der Waals surface area contributed by atoms with Gasteiger partial charge in [0.2, 0.25) is 0 Å². The summed E-state index contributed by atoms with van der Waals surface area (Å²) in [6, 6.07) is 0. The highest BCUT2D eigenvalue weighted by Gasteiger charge is 2.34. The first kappa shape index (κ1) is 8.63. The fraction of sp³-hybridized carbons (Fsp3) is 1.00. The summed E-state index contributed by atoms with van der Waals surface area (Å²) in [4.78, 5) is 0. The summed E-state index contributed by atoms with van der Waals surface area (Å²) in [6.45, 7) is 9.37. The van der Waals surface area contributed by atoms with Gasteiger partial charge in [-0.15, -0.1) is 0 Å². The van der Waals surface area contributed by atoms with Crippen LogP contribution in [0.4, 0.5) is 0 Å². The number of hydrogen-bond acceptors (Lipinski definition) is 3. The minimum absolute atomic E-state index is 0.139. The smallest absolute Gasteiger partial charge is 0.183 e. The molecule has 0 aliphatic carbocycles. The van der Waals surface area contributed by atoms with Crippen LogP contribution in [0.3, 0.4) is 0 Å². The van der Waals surface area contributed by atoms with Crippen molar-refractivity contribution in [2.75, 3.05) is 0 Å². The summed E-state index contributed by atoms with van der Waals surface area (Å²) in [7, 11) is -2.47. The maximum atomic E-state index is 3.72. The van der Waals surface area contributed by atoms with E-state index in [1.807, 2.05) is 0 Å². The van der Waals surface area contributed by atoms with E-state index in [1.54, 1.807) is 0 Å². The second kappa shape index (κ2) is 2.54. The predicted octanol–water partition coefficient (Wildman–Crippen LogP) is -0.829. The third kappa shape index (κ3) is 2.29. The summed E-state index contributed by atoms with van der Waals surface area (Å²) in [5.41, 5.74) is 0. The molecule has 10 heavy (non-hydrogen) atoms. The Morgan fingerprint density at radius 2 is 1.30 bits per heavy atom. The summed E-state index contributed by atoms with van der Waals surface area (Å²) in [5, 5.41) is 0. The van der Waals surface area contributed by atoms with Crippen LogP contribution < -0.4 is 13.9 Å². The van der Waals surface area contributed by atoms with Crippen LogP contribution in [0.2, 0.25) is 26.2 Å². The molecule has 6 heteroatoms. The molecule has 1 heterocycles. The van der Waals surface area contributed by atoms with Gasteiger partial charge >= 0.3 is 0 Å². The zero-order valence-electron chi connectivity index (χ0n) is 7.21. The topological polar surface area (TPSA) is 36.1 Å². The minimum Gasteiger partial charge on any atom is -0.341 e. The molecule has 1 rings (SSSR count). The lowest BCUT2D eigenvalue weighted by Crippen LogP contribution is -2.80. The lowest BCUT2D eigenvalue weighted by Gasteiger charge is -2.41. The van der Waals surface area contributed by atoms with Gasteiger partial charge in [-0.05, 0) is 26.2 Å². The van der Waals surface area contributed by atoms with Crippen molar-refractivity contribution in [2.45, 2.75) is 26.2 Å². The van der Waals surface area contributed by atoms with E-state index in [1.165, 1.54) is 0 Å². The van der Waals surface area contributed by atoms with Crippen molar-refractivity contribution in [3.63, 3.8) is 0 Å². The van der Waals surface area contributed by atoms with Gasteiger partial charge in [0, 0.05) is 0 Å². The van der Waals surface area contributed by atoms with Crippen LogP contribution in [0.25, 0.3) is 0 Å². The van der Waals surface area contributed by atoms with Gasteiger partial charge in [-0.1, -0.05) is 0 Å². The molecule has 1 fully saturated rings. The Morgan fingerprint density at radius 1 is 0.900 bits per heavy atom. The Bertz CT molecular complexity index is 122. The summed E-state index contributed by atoms with van der Waals surface area (Å²) >= 11 is 0. The molecule has 3 N–H and O–H groups in total. The quantitative estimate of drug-likeness (QED) is 0.438. The lowest BCUT2D eigenvalue weighted by molar-refractivity contribution is 1.10. The van der Waals surface area contributed by atoms with Gasteiger partial charge in [0.15, 0.2) is 26.6 Å². The molecule has 0 aromatic heterocycles. The van der Waals surface area contributed by atoms with Gasteiger partial charge in [-0.2, -0.15) is 0 Å². The van der Waals surface area contributed by atoms with Gasteiger partial charge in [0.05, 0.1) is 0 Å². The first-order valence-corrected chi connectivity index (χ1v) is 11.1. The highest BCUT2D eigenvalue weighted by atomic mass is 28.5. The average Bonchev–Trinajstić information content (AvgIpc) is 1.56. The molecule has 60 valence electrons. The van der Waals surface area contributed by atoms with Crippen molar-refractivity contribution in [3.05, 3.63) is 0 Å². The molecular weight excluding hydrogens is 174 g/mol. The standard InChI is InChI=1S/C4H17N3Si3/c1-9(2)5-8-6-10(3,4)7-9/h5-7H,8H2,1-4H3. The van der Waals surface area contributed by atoms with Gasteiger partial charge in [-0.3, -0.25) is 0 Å². The van der Waals surface area contributed by atoms with Crippen LogP contribution in [0.1, 0.15) is 0 Å². The normalized spacial score (nSPS) is 30.0. The highest BCUT2D eigenvalue weighted by Crippen LogP contribution is 2.01. The molecule has 0 amide bonds. The van der Waals surface area contributed by atoms with E-state index in [0.717, 1.165) is 0 Å². The Balaban J connectivity index is 2.56. The molecule has 3 nitrogen and oxygen atoms in total. The molecule has 0 radical (unpaired) electrons. The van der Waals surface area contributed by atoms with Crippen molar-refractivity contribution in [1.29, 1.82) is 0 Å². The van der Waals surface area contributed by atoms with E-state index in [2.05, 4.69) is 40.1 Å². The van der Waals surface area contributed by atoms with Crippen molar-refractivity contribution >= 4 is 26.6 Å². The SMILES string of the molecule is C[Si]1(C)N[SiH2]N[Si](C)(C)N1. The zero-order chi connectivity index (χ0) is 7.83. The molecule has 0 saturated carbocycles. The summed E-state index contributed by atoms with van der Waals surface area (Å²) in [6.07, 6.45) is 0. The third-order valence-electron chi connectivity index (χ3n) is 1.69. The first-order valence-electron chi connectivity index (χ1n) is 3.71. The molecule has 0 bridgehead atoms. The Labute approximate surface area is 67.3 Å². The molecule has 1 aliphatic heterocycles. The average molecular weight is 191 g/mol. The lowest BCUT2D eigenvalue weighted by atomic mass is 11.9. The predicted molar refractivity (Wildman–Crippen MR) is 52.9 cm³/mol. The van der Waals surface area contributed by atoms with Crippen LogP contribution in [-0.2, 0) is 0 Å². The molecular formula is C4H17N3Si3. The molecule has 0 unspecified atom stereocenters. The van der Waals surface area contributed by atoms with E-state index in [-0.39, 0.29) is 9.84 Å². The second-order valence-electron chi connectivity index (χ2n) is 3.91. The highest BCUT2D eigenvalue weighted by molar-refractivity contribution is 6.96. The van der Waals surface area contributed by atoms with Crippen molar-refractivity contribution in [2.24, 2.45) is 0 Å². The van der Waals surface area contributed by atoms with Gasteiger partial charge in [-0.25, -0.2) is 0 Å². The van der Waals surface area contributed by atoms with Crippen molar-refractivity contribution < 1.29 is 0 Å². The fourth-order valence-electron chi connectivity index (χ4n) is 1.36. The van der Waals surface area contributed by atoms with Crippen LogP contribution in [-0.4, -0.2) is 26.6 Å². The molecule has 0 spiro atoms. The van der Waals surface area contributed by atoms with Crippen LogP contribution >= 0.6 is 0 Å². The Kier molecular flexibility index (Phi) is 2.19. The largest absolute Gasteiger partial charge is 0.341 e. The van der Waals surface area contributed by atoms with E-state index in [0.29, 0.717) is 0 Å². The maximum absolute atomic E-state index is 3.72. The minimum atomic E-state index is -1.16. The van der Waals surface area contributed by atoms with Crippen LogP contribution in [0.15, 0.2) is 0 Å². The summed E-state index contributed by atoms with van der Waals surface area (Å²) in [5.74, 6) is 0. The maximum Gasteiger partial charge on any atom is 0.183 e. The number of nitrogens with one attached hydrogen (secondary N) is 3. The monoisotopic (exact) mass is 191 g/mol. The van der Waals surface area contributed by atoms with Crippen LogP contribution in [0, 0.1) is 0 Å². The molecule has 0 aromatic rings. The van der Waals surface area contributed by atoms with E-state index >= 15 is 0 Å². The third-order valence-corrected chi connectivity index (χ3v) is 15.2. The van der Waals surface area contributed by atoms with Gasteiger partial charge in [0.1, 0.15) is 0 Å². The zero-order valence-corrected chi connectivity index (χ0v) is 10.6. The van der Waals surface area contributed by atoms with Gasteiger partial charge in [0.25, 0.3) is 0 Å². The van der Waals surface area contributed by atoms with E-state index in [4.69, 9.17) is 0 Å². The summed E-state index contributed by atoms with van der Waals surface area (Å²) < 4.78 is 10.9. The second-order valence-corrected chi connectivity index (χ2v) is 14.6. The molecule has 1 saturated heterocycles. The van der Waals surface area contributed by atoms with Crippen molar-refractivity contribution in [3.8, 4) is 0 Å². The Morgan fingerprint density at radius 3 is 1.50 bits per heavy atom. The fourth-order valence-corrected chi connectivity index (χ4v) is 14.6. The van der Waals surface area contributed by atoms with Crippen LogP contribution in [0.5, 0.6) is 0 Å². The Hall–Kier alpha value is 0.531. The molecule has 0 aromatic carbocycles.